The number of nitrogens with one attached hydrogen (secondary N) is 1. The summed E-state index contributed by atoms with van der Waals surface area (Å²) in [5.74, 6) is 0.691. The van der Waals surface area contributed by atoms with Gasteiger partial charge in [0.2, 0.25) is 0 Å². The van der Waals surface area contributed by atoms with Gasteiger partial charge in [0.1, 0.15) is 12.4 Å². The second kappa shape index (κ2) is 5.06. The smallest absolute Gasteiger partial charge is 0.122 e. The predicted molar refractivity (Wildman–Crippen MR) is 65.1 cm³/mol. The van der Waals surface area contributed by atoms with Crippen molar-refractivity contribution < 1.29 is 4.74 Å². The van der Waals surface area contributed by atoms with Gasteiger partial charge >= 0.3 is 0 Å². The molecule has 2 nitrogen and oxygen atoms in total. The molecule has 84 valence electrons. The predicted octanol–water partition coefficient (Wildman–Crippen LogP) is 3.37. The average molecular weight is 248 g/mol. The van der Waals surface area contributed by atoms with E-state index in [1.54, 1.807) is 18.2 Å². The first-order valence-electron chi connectivity index (χ1n) is 4.71. The second-order valence-corrected chi connectivity index (χ2v) is 4.90. The lowest BCUT2D eigenvalue weighted by Gasteiger charge is -2.24. The molecule has 0 heterocycles. The van der Waals surface area contributed by atoms with Crippen LogP contribution in [0.25, 0.3) is 0 Å². The number of hydrogen-bond donors (Lipinski definition) is 1. The molecular formula is C11H15Cl2NO. The van der Waals surface area contributed by atoms with Crippen LogP contribution in [0.4, 0.5) is 0 Å². The van der Waals surface area contributed by atoms with Gasteiger partial charge < -0.3 is 10.1 Å². The van der Waals surface area contributed by atoms with Crippen molar-refractivity contribution in [1.29, 1.82) is 0 Å². The lowest BCUT2D eigenvalue weighted by atomic mass is 10.1. The van der Waals surface area contributed by atoms with Crippen molar-refractivity contribution in [2.45, 2.75) is 19.4 Å². The third-order valence-electron chi connectivity index (χ3n) is 2.11. The number of halogens is 2. The maximum absolute atomic E-state index is 5.85. The first kappa shape index (κ1) is 12.6. The molecule has 1 aromatic carbocycles. The van der Waals surface area contributed by atoms with Crippen LogP contribution in [0.15, 0.2) is 18.2 Å². The molecule has 0 aliphatic rings. The highest BCUT2D eigenvalue weighted by Crippen LogP contribution is 2.24. The number of benzene rings is 1. The molecule has 1 aromatic rings. The van der Waals surface area contributed by atoms with Crippen LogP contribution in [0.1, 0.15) is 13.8 Å². The van der Waals surface area contributed by atoms with Gasteiger partial charge in [-0.15, -0.1) is 0 Å². The number of hydrogen-bond acceptors (Lipinski definition) is 2. The molecule has 0 radical (unpaired) electrons. The van der Waals surface area contributed by atoms with Gasteiger partial charge in [-0.3, -0.25) is 0 Å². The lowest BCUT2D eigenvalue weighted by molar-refractivity contribution is 0.217. The van der Waals surface area contributed by atoms with Gasteiger partial charge in [-0.2, -0.15) is 0 Å². The summed E-state index contributed by atoms with van der Waals surface area (Å²) in [5.41, 5.74) is -0.0746. The molecule has 0 fully saturated rings. The van der Waals surface area contributed by atoms with Gasteiger partial charge in [0.15, 0.2) is 0 Å². The SMILES string of the molecule is CNC(C)(C)COc1cc(Cl)cc(Cl)c1. The molecular weight excluding hydrogens is 233 g/mol. The number of likely N-dealkylation sites (N-methyl/N-ethyl adjacent to an activating group) is 1. The molecule has 0 atom stereocenters. The minimum Gasteiger partial charge on any atom is -0.492 e. The highest BCUT2D eigenvalue weighted by Gasteiger charge is 2.15. The molecule has 0 spiro atoms. The molecule has 4 heteroatoms. The zero-order valence-electron chi connectivity index (χ0n) is 9.10. The molecule has 0 unspecified atom stereocenters. The summed E-state index contributed by atoms with van der Waals surface area (Å²) in [6, 6.07) is 5.18. The van der Waals surface area contributed by atoms with Crippen molar-refractivity contribution in [2.75, 3.05) is 13.7 Å². The molecule has 15 heavy (non-hydrogen) atoms. The third kappa shape index (κ3) is 4.29. The Morgan fingerprint density at radius 2 is 1.73 bits per heavy atom. The Morgan fingerprint density at radius 3 is 2.20 bits per heavy atom. The first-order chi connectivity index (χ1) is 6.93. The zero-order valence-corrected chi connectivity index (χ0v) is 10.6. The average Bonchev–Trinajstić information content (AvgIpc) is 2.14. The fourth-order valence-corrected chi connectivity index (χ4v) is 1.45. The van der Waals surface area contributed by atoms with Crippen LogP contribution in [0, 0.1) is 0 Å². The first-order valence-corrected chi connectivity index (χ1v) is 5.46. The van der Waals surface area contributed by atoms with E-state index in [1.165, 1.54) is 0 Å². The highest BCUT2D eigenvalue weighted by atomic mass is 35.5. The largest absolute Gasteiger partial charge is 0.492 e. The molecule has 0 aromatic heterocycles. The van der Waals surface area contributed by atoms with Gasteiger partial charge in [-0.05, 0) is 39.1 Å². The van der Waals surface area contributed by atoms with Crippen LogP contribution < -0.4 is 10.1 Å². The fourth-order valence-electron chi connectivity index (χ4n) is 0.948. The maximum Gasteiger partial charge on any atom is 0.122 e. The Kier molecular flexibility index (Phi) is 4.26. The van der Waals surface area contributed by atoms with Gasteiger partial charge in [-0.1, -0.05) is 23.2 Å². The molecule has 1 N–H and O–H groups in total. The second-order valence-electron chi connectivity index (χ2n) is 4.03. The normalized spacial score (nSPS) is 11.5. The van der Waals surface area contributed by atoms with Crippen LogP contribution in [-0.4, -0.2) is 19.2 Å². The van der Waals surface area contributed by atoms with Gasteiger partial charge in [0, 0.05) is 15.6 Å². The summed E-state index contributed by atoms with van der Waals surface area (Å²) < 4.78 is 5.59. The van der Waals surface area contributed by atoms with Crippen molar-refractivity contribution >= 4 is 23.2 Å². The number of rotatable bonds is 4. The Hall–Kier alpha value is -0.440. The molecule has 0 saturated carbocycles. The molecule has 0 saturated heterocycles. The topological polar surface area (TPSA) is 21.3 Å². The highest BCUT2D eigenvalue weighted by molar-refractivity contribution is 6.34. The van der Waals surface area contributed by atoms with Crippen molar-refractivity contribution in [3.05, 3.63) is 28.2 Å². The van der Waals surface area contributed by atoms with Gasteiger partial charge in [0.05, 0.1) is 0 Å². The van der Waals surface area contributed by atoms with Crippen LogP contribution in [0.3, 0.4) is 0 Å². The summed E-state index contributed by atoms with van der Waals surface area (Å²) in [4.78, 5) is 0. The van der Waals surface area contributed by atoms with E-state index >= 15 is 0 Å². The summed E-state index contributed by atoms with van der Waals surface area (Å²) >= 11 is 11.7. The van der Waals surface area contributed by atoms with E-state index < -0.39 is 0 Å². The molecule has 1 rings (SSSR count). The van der Waals surface area contributed by atoms with E-state index in [0.29, 0.717) is 22.4 Å². The van der Waals surface area contributed by atoms with Crippen LogP contribution in [-0.2, 0) is 0 Å². The van der Waals surface area contributed by atoms with E-state index in [2.05, 4.69) is 19.2 Å². The van der Waals surface area contributed by atoms with E-state index in [9.17, 15) is 0 Å². The van der Waals surface area contributed by atoms with Crippen molar-refractivity contribution in [3.8, 4) is 5.75 Å². The van der Waals surface area contributed by atoms with Gasteiger partial charge in [-0.25, -0.2) is 0 Å². The van der Waals surface area contributed by atoms with E-state index in [4.69, 9.17) is 27.9 Å². The molecule has 0 aliphatic heterocycles. The summed E-state index contributed by atoms with van der Waals surface area (Å²) in [5, 5.41) is 4.32. The Balaban J connectivity index is 2.65. The fraction of sp³-hybridized carbons (Fsp3) is 0.455. The van der Waals surface area contributed by atoms with Crippen molar-refractivity contribution in [3.63, 3.8) is 0 Å². The van der Waals surface area contributed by atoms with Crippen LogP contribution in [0.2, 0.25) is 10.0 Å². The van der Waals surface area contributed by atoms with E-state index in [0.717, 1.165) is 0 Å². The van der Waals surface area contributed by atoms with Crippen molar-refractivity contribution in [1.82, 2.24) is 5.32 Å². The maximum atomic E-state index is 5.85. The quantitative estimate of drug-likeness (QED) is 0.882. The Labute approximate surface area is 101 Å². The third-order valence-corrected chi connectivity index (χ3v) is 2.55. The lowest BCUT2D eigenvalue weighted by Crippen LogP contribution is -2.42. The molecule has 0 bridgehead atoms. The van der Waals surface area contributed by atoms with Crippen LogP contribution >= 0.6 is 23.2 Å². The monoisotopic (exact) mass is 247 g/mol. The summed E-state index contributed by atoms with van der Waals surface area (Å²) in [6.07, 6.45) is 0. The summed E-state index contributed by atoms with van der Waals surface area (Å²) in [6.45, 7) is 4.67. The molecule has 0 amide bonds. The standard InChI is InChI=1S/C11H15Cl2NO/c1-11(2,14-3)7-15-10-5-8(12)4-9(13)6-10/h4-6,14H,7H2,1-3H3. The number of ether oxygens (including phenoxy) is 1. The molecule has 0 aliphatic carbocycles. The minimum atomic E-state index is -0.0746. The van der Waals surface area contributed by atoms with Crippen LogP contribution in [0.5, 0.6) is 5.75 Å². The minimum absolute atomic E-state index is 0.0746. The van der Waals surface area contributed by atoms with E-state index in [1.807, 2.05) is 7.05 Å². The van der Waals surface area contributed by atoms with E-state index in [-0.39, 0.29) is 5.54 Å². The van der Waals surface area contributed by atoms with Gasteiger partial charge in [0.25, 0.3) is 0 Å². The Bertz CT molecular complexity index is 319. The van der Waals surface area contributed by atoms with Crippen molar-refractivity contribution in [2.24, 2.45) is 0 Å². The Morgan fingerprint density at radius 1 is 1.20 bits per heavy atom. The summed E-state index contributed by atoms with van der Waals surface area (Å²) in [7, 11) is 1.90. The zero-order chi connectivity index (χ0) is 11.5.